The van der Waals surface area contributed by atoms with E-state index in [2.05, 4.69) is 0 Å². The van der Waals surface area contributed by atoms with E-state index in [-0.39, 0.29) is 24.4 Å². The quantitative estimate of drug-likeness (QED) is 0.721. The van der Waals surface area contributed by atoms with Crippen LogP contribution in [0.2, 0.25) is 0 Å². The summed E-state index contributed by atoms with van der Waals surface area (Å²) in [6, 6.07) is 4.83. The van der Waals surface area contributed by atoms with E-state index >= 15 is 0 Å². The van der Waals surface area contributed by atoms with E-state index in [4.69, 9.17) is 4.74 Å². The molecule has 9 heteroatoms. The van der Waals surface area contributed by atoms with Gasteiger partial charge in [0, 0.05) is 50.0 Å². The van der Waals surface area contributed by atoms with Crippen LogP contribution in [0.3, 0.4) is 0 Å². The van der Waals surface area contributed by atoms with Gasteiger partial charge in [-0.3, -0.25) is 0 Å². The first-order chi connectivity index (χ1) is 14.0. The average molecular weight is 442 g/mol. The molecule has 0 bridgehead atoms. The Kier molecular flexibility index (Phi) is 6.62. The van der Waals surface area contributed by atoms with E-state index in [1.54, 1.807) is 11.0 Å². The van der Waals surface area contributed by atoms with Crippen LogP contribution in [-0.2, 0) is 21.3 Å². The Balaban J connectivity index is 1.63. The minimum Gasteiger partial charge on any atom is -0.444 e. The average Bonchev–Trinajstić information content (AvgIpc) is 2.64. The van der Waals surface area contributed by atoms with Gasteiger partial charge in [0.05, 0.1) is 5.75 Å². The zero-order valence-electron chi connectivity index (χ0n) is 18.2. The van der Waals surface area contributed by atoms with E-state index in [0.29, 0.717) is 38.2 Å². The van der Waals surface area contributed by atoms with Crippen LogP contribution in [-0.4, -0.2) is 67.3 Å². The molecule has 0 aliphatic carbocycles. The Hall–Kier alpha value is -1.87. The van der Waals surface area contributed by atoms with E-state index in [1.165, 1.54) is 10.4 Å². The van der Waals surface area contributed by atoms with E-state index in [9.17, 15) is 17.6 Å². The number of carbonyl (C=O) groups is 1. The highest BCUT2D eigenvalue weighted by molar-refractivity contribution is 7.89. The molecule has 30 heavy (non-hydrogen) atoms. The first-order valence-corrected chi connectivity index (χ1v) is 12.1. The summed E-state index contributed by atoms with van der Waals surface area (Å²) in [6.07, 6.45) is 1.11. The lowest BCUT2D eigenvalue weighted by molar-refractivity contribution is 0.0240. The Bertz CT molecular complexity index is 877. The smallest absolute Gasteiger partial charge is 0.410 e. The van der Waals surface area contributed by atoms with Crippen LogP contribution in [0.4, 0.5) is 14.9 Å². The van der Waals surface area contributed by atoms with Gasteiger partial charge in [-0.1, -0.05) is 6.07 Å². The molecule has 2 heterocycles. The summed E-state index contributed by atoms with van der Waals surface area (Å²) in [5.74, 6) is -0.283. The van der Waals surface area contributed by atoms with Crippen molar-refractivity contribution in [1.82, 2.24) is 9.21 Å². The van der Waals surface area contributed by atoms with Crippen molar-refractivity contribution >= 4 is 21.8 Å². The molecule has 0 unspecified atom stereocenters. The highest BCUT2D eigenvalue weighted by atomic mass is 32.2. The minimum atomic E-state index is -3.34. The van der Waals surface area contributed by atoms with E-state index in [1.807, 2.05) is 38.7 Å². The molecule has 1 amide bonds. The van der Waals surface area contributed by atoms with Gasteiger partial charge in [0.15, 0.2) is 0 Å². The number of hydrogen-bond donors (Lipinski definition) is 0. The van der Waals surface area contributed by atoms with Gasteiger partial charge < -0.3 is 14.5 Å². The molecule has 3 rings (SSSR count). The van der Waals surface area contributed by atoms with Crippen molar-refractivity contribution in [2.45, 2.75) is 58.7 Å². The molecule has 2 saturated heterocycles. The summed E-state index contributed by atoms with van der Waals surface area (Å²) in [5.41, 5.74) is 0.574. The number of benzene rings is 1. The van der Waals surface area contributed by atoms with E-state index in [0.717, 1.165) is 12.1 Å². The van der Waals surface area contributed by atoms with E-state index < -0.39 is 21.4 Å². The number of anilines is 1. The molecule has 0 spiro atoms. The van der Waals surface area contributed by atoms with Gasteiger partial charge in [0.1, 0.15) is 11.4 Å². The van der Waals surface area contributed by atoms with Crippen LogP contribution in [0.5, 0.6) is 0 Å². The van der Waals surface area contributed by atoms with Gasteiger partial charge in [-0.05, 0) is 52.7 Å². The lowest BCUT2D eigenvalue weighted by Crippen LogP contribution is -2.50. The topological polar surface area (TPSA) is 70.2 Å². The summed E-state index contributed by atoms with van der Waals surface area (Å²) < 4.78 is 46.3. The third-order valence-corrected chi connectivity index (χ3v) is 7.54. The van der Waals surface area contributed by atoms with Gasteiger partial charge in [0.2, 0.25) is 10.0 Å². The Morgan fingerprint density at radius 2 is 1.87 bits per heavy atom. The standard InChI is InChI=1S/C21H32FN3O4S/c1-16-6-5-13-30(27,28)25(16)15-17-7-8-18(14-19(17)22)23-9-11-24(12-10-23)20(26)29-21(2,3)4/h7-8,14,16H,5-6,9-13,15H2,1-4H3/t16-/m0/s1. The normalized spacial score (nSPS) is 22.8. The minimum absolute atomic E-state index is 0.0576. The second-order valence-corrected chi connectivity index (χ2v) is 11.1. The highest BCUT2D eigenvalue weighted by Gasteiger charge is 2.32. The van der Waals surface area contributed by atoms with Crippen molar-refractivity contribution in [1.29, 1.82) is 0 Å². The first-order valence-electron chi connectivity index (χ1n) is 10.5. The molecule has 0 aromatic heterocycles. The number of rotatable bonds is 3. The second kappa shape index (κ2) is 8.70. The van der Waals surface area contributed by atoms with Crippen LogP contribution in [0.15, 0.2) is 18.2 Å². The maximum absolute atomic E-state index is 14.8. The molecule has 168 valence electrons. The Labute approximate surface area is 178 Å². The molecule has 1 aromatic rings. The zero-order valence-corrected chi connectivity index (χ0v) is 19.0. The van der Waals surface area contributed by atoms with Crippen LogP contribution in [0, 0.1) is 5.82 Å². The third kappa shape index (κ3) is 5.43. The predicted molar refractivity (Wildman–Crippen MR) is 114 cm³/mol. The number of ether oxygens (including phenoxy) is 1. The summed E-state index contributed by atoms with van der Waals surface area (Å²) in [5, 5.41) is 0. The van der Waals surface area contributed by atoms with Crippen LogP contribution in [0.1, 0.15) is 46.1 Å². The van der Waals surface area contributed by atoms with Crippen molar-refractivity contribution < 1.29 is 22.3 Å². The van der Waals surface area contributed by atoms with Crippen molar-refractivity contribution in [2.24, 2.45) is 0 Å². The molecule has 1 atom stereocenters. The zero-order chi connectivity index (χ0) is 22.1. The largest absolute Gasteiger partial charge is 0.444 e. The lowest BCUT2D eigenvalue weighted by atomic mass is 10.1. The number of hydrogen-bond acceptors (Lipinski definition) is 5. The molecule has 0 radical (unpaired) electrons. The Morgan fingerprint density at radius 3 is 2.43 bits per heavy atom. The molecule has 0 N–H and O–H groups in total. The SMILES string of the molecule is C[C@H]1CCCS(=O)(=O)N1Cc1ccc(N2CCN(C(=O)OC(C)(C)C)CC2)cc1F. The van der Waals surface area contributed by atoms with Gasteiger partial charge in [-0.25, -0.2) is 17.6 Å². The summed E-state index contributed by atoms with van der Waals surface area (Å²) in [4.78, 5) is 15.9. The predicted octanol–water partition coefficient (Wildman–Crippen LogP) is 3.20. The third-order valence-electron chi connectivity index (χ3n) is 5.53. The number of amides is 1. The fourth-order valence-corrected chi connectivity index (χ4v) is 5.61. The maximum Gasteiger partial charge on any atom is 0.410 e. The molecule has 2 aliphatic heterocycles. The van der Waals surface area contributed by atoms with Gasteiger partial charge >= 0.3 is 6.09 Å². The molecule has 2 aliphatic rings. The summed E-state index contributed by atoms with van der Waals surface area (Å²) >= 11 is 0. The molecular formula is C21H32FN3O4S. The maximum atomic E-state index is 14.8. The fourth-order valence-electron chi connectivity index (χ4n) is 3.85. The molecule has 7 nitrogen and oxygen atoms in total. The fraction of sp³-hybridized carbons (Fsp3) is 0.667. The molecule has 1 aromatic carbocycles. The van der Waals surface area contributed by atoms with Gasteiger partial charge in [-0.2, -0.15) is 4.31 Å². The highest BCUT2D eigenvalue weighted by Crippen LogP contribution is 2.26. The lowest BCUT2D eigenvalue weighted by Gasteiger charge is -2.37. The monoisotopic (exact) mass is 441 g/mol. The van der Waals surface area contributed by atoms with Crippen molar-refractivity contribution in [3.63, 3.8) is 0 Å². The van der Waals surface area contributed by atoms with Crippen molar-refractivity contribution in [3.05, 3.63) is 29.6 Å². The second-order valence-electron chi connectivity index (χ2n) is 9.08. The molecule has 0 saturated carbocycles. The summed E-state index contributed by atoms with van der Waals surface area (Å²) in [6.45, 7) is 9.59. The number of carbonyl (C=O) groups excluding carboxylic acids is 1. The number of halogens is 1. The number of sulfonamides is 1. The summed E-state index contributed by atoms with van der Waals surface area (Å²) in [7, 11) is -3.34. The van der Waals surface area contributed by atoms with Crippen molar-refractivity contribution in [2.75, 3.05) is 36.8 Å². The van der Waals surface area contributed by atoms with Crippen LogP contribution >= 0.6 is 0 Å². The first kappa shape index (κ1) is 22.8. The number of piperazine rings is 1. The van der Waals surface area contributed by atoms with Gasteiger partial charge in [-0.15, -0.1) is 0 Å². The van der Waals surface area contributed by atoms with Crippen LogP contribution < -0.4 is 4.90 Å². The van der Waals surface area contributed by atoms with Crippen molar-refractivity contribution in [3.8, 4) is 0 Å². The Morgan fingerprint density at radius 1 is 1.20 bits per heavy atom. The molecular weight excluding hydrogens is 409 g/mol. The molecule has 2 fully saturated rings. The number of nitrogens with zero attached hydrogens (tertiary/aromatic N) is 3. The van der Waals surface area contributed by atoms with Gasteiger partial charge in [0.25, 0.3) is 0 Å². The van der Waals surface area contributed by atoms with Crippen LogP contribution in [0.25, 0.3) is 0 Å².